The second kappa shape index (κ2) is 21.0. The smallest absolute Gasteiger partial charge is 0.373 e. The summed E-state index contributed by atoms with van der Waals surface area (Å²) < 4.78 is 28.8. The Labute approximate surface area is 232 Å². The zero-order valence-electron chi connectivity index (χ0n) is 24.9. The summed E-state index contributed by atoms with van der Waals surface area (Å²) in [6.45, 7) is 4.76. The van der Waals surface area contributed by atoms with Crippen LogP contribution >= 0.6 is 0 Å². The standard InChI is InChI=1S/C11H13NO3.C9H11NO2.C7H7N.CO2.CH4/c1-8(13)12-11-5-3-10(4-6-11)7-15-9(2)14;1-7(11)12-6-8-2-4-9(10)5-3-8;1-6-2-4-7(8)5-3-6;2-1-3;/h3-6H,7H2,1-2H3,(H,12,13);2-5H,6,10H2,1H3;2-5,8H,1H2;;1H4/i2D;1D;;;1D. The van der Waals surface area contributed by atoms with Gasteiger partial charge in [0.25, 0.3) is 0 Å². The van der Waals surface area contributed by atoms with Crippen molar-refractivity contribution in [2.45, 2.75) is 41.3 Å². The molecule has 39 heavy (non-hydrogen) atoms. The van der Waals surface area contributed by atoms with E-state index in [1.807, 2.05) is 12.2 Å². The molecule has 0 heterocycles. The summed E-state index contributed by atoms with van der Waals surface area (Å²) in [5, 5.41) is 9.70. The van der Waals surface area contributed by atoms with Crippen molar-refractivity contribution in [2.75, 3.05) is 11.1 Å². The number of allylic oxidation sites excluding steroid dienone is 5. The highest BCUT2D eigenvalue weighted by atomic mass is 16.5. The van der Waals surface area contributed by atoms with Gasteiger partial charge in [0.05, 0.1) is 5.71 Å². The maximum Gasteiger partial charge on any atom is 0.373 e. The Morgan fingerprint density at radius 3 is 1.69 bits per heavy atom. The molecule has 0 saturated carbocycles. The molecule has 0 fully saturated rings. The first-order valence-electron chi connectivity index (χ1n) is 13.2. The lowest BCUT2D eigenvalue weighted by atomic mass is 10.1. The average Bonchev–Trinajstić information content (AvgIpc) is 2.99. The van der Waals surface area contributed by atoms with Gasteiger partial charge in [-0.1, -0.05) is 50.4 Å². The monoisotopic (exact) mass is 540 g/mol. The van der Waals surface area contributed by atoms with E-state index in [-0.39, 0.29) is 39.1 Å². The minimum absolute atomic E-state index is 0.131. The van der Waals surface area contributed by atoms with Crippen LogP contribution in [0, 0.1) is 5.41 Å². The van der Waals surface area contributed by atoms with Crippen molar-refractivity contribution in [3.63, 3.8) is 0 Å². The minimum atomic E-state index is -0.550. The van der Waals surface area contributed by atoms with Crippen LogP contribution in [0.15, 0.2) is 85.0 Å². The third-order valence-corrected chi connectivity index (χ3v) is 4.01. The molecule has 0 aliphatic heterocycles. The van der Waals surface area contributed by atoms with E-state index in [0.29, 0.717) is 17.1 Å². The molecule has 0 atom stereocenters. The molecule has 2 aromatic carbocycles. The van der Waals surface area contributed by atoms with Crippen LogP contribution in [-0.2, 0) is 46.7 Å². The molecule has 2 aromatic rings. The Morgan fingerprint density at radius 2 is 1.33 bits per heavy atom. The molecular formula is C29H35N3O7. The lowest BCUT2D eigenvalue weighted by molar-refractivity contribution is -0.191. The van der Waals surface area contributed by atoms with E-state index < -0.39 is 11.9 Å². The van der Waals surface area contributed by atoms with Crippen LogP contribution in [-0.4, -0.2) is 29.7 Å². The van der Waals surface area contributed by atoms with Crippen LogP contribution in [0.5, 0.6) is 0 Å². The SMILES string of the molecule is C=C1C=CC(=N)C=C1.O=C=O.[2H]C.[2H]CC(=O)OCc1ccc(N)cc1.[2H]CC(=O)OCc1ccc(NC(C)=O)cc1. The molecule has 0 spiro atoms. The average molecular weight is 541 g/mol. The van der Waals surface area contributed by atoms with Crippen molar-refractivity contribution in [1.82, 2.24) is 0 Å². The summed E-state index contributed by atoms with van der Waals surface area (Å²) in [6.07, 6.45) is 7.34. The van der Waals surface area contributed by atoms with Gasteiger partial charge in [-0.25, -0.2) is 0 Å². The van der Waals surface area contributed by atoms with Gasteiger partial charge in [-0.15, -0.1) is 0 Å². The molecule has 208 valence electrons. The van der Waals surface area contributed by atoms with Gasteiger partial charge in [0, 0.05) is 36.2 Å². The van der Waals surface area contributed by atoms with Gasteiger partial charge in [-0.05, 0) is 53.1 Å². The van der Waals surface area contributed by atoms with Crippen LogP contribution in [0.2, 0.25) is 0 Å². The number of rotatable bonds is 5. The third-order valence-electron chi connectivity index (χ3n) is 4.01. The third kappa shape index (κ3) is 20.8. The number of benzene rings is 2. The van der Waals surface area contributed by atoms with Crippen LogP contribution in [0.3, 0.4) is 0 Å². The number of esters is 2. The quantitative estimate of drug-likeness (QED) is 0.360. The molecule has 10 nitrogen and oxygen atoms in total. The zero-order valence-corrected chi connectivity index (χ0v) is 21.9. The first-order chi connectivity index (χ1) is 20.0. The Bertz CT molecular complexity index is 1190. The van der Waals surface area contributed by atoms with Crippen molar-refractivity contribution in [3.05, 3.63) is 96.1 Å². The first-order valence-corrected chi connectivity index (χ1v) is 10.8. The summed E-state index contributed by atoms with van der Waals surface area (Å²) >= 11 is 0. The predicted octanol–water partition coefficient (Wildman–Crippen LogP) is 4.78. The first kappa shape index (κ1) is 30.1. The highest BCUT2D eigenvalue weighted by Crippen LogP contribution is 2.10. The van der Waals surface area contributed by atoms with E-state index >= 15 is 0 Å². The molecular weight excluding hydrogens is 502 g/mol. The van der Waals surface area contributed by atoms with Crippen molar-refractivity contribution < 1.29 is 37.6 Å². The summed E-state index contributed by atoms with van der Waals surface area (Å²) in [7, 11) is 1.25. The number of anilines is 2. The van der Waals surface area contributed by atoms with Gasteiger partial charge in [-0.2, -0.15) is 9.59 Å². The van der Waals surface area contributed by atoms with E-state index in [2.05, 4.69) is 11.9 Å². The van der Waals surface area contributed by atoms with Crippen LogP contribution in [0.25, 0.3) is 0 Å². The fraction of sp³-hybridized carbons (Fsp3) is 0.207. The number of carbonyl (C=O) groups excluding carboxylic acids is 5. The summed E-state index contributed by atoms with van der Waals surface area (Å²) in [5.74, 6) is -1.20. The molecule has 1 amide bonds. The fourth-order valence-electron chi connectivity index (χ4n) is 2.33. The Kier molecular flexibility index (Phi) is 16.3. The van der Waals surface area contributed by atoms with Gasteiger partial charge >= 0.3 is 18.1 Å². The highest BCUT2D eigenvalue weighted by molar-refractivity contribution is 6.03. The predicted molar refractivity (Wildman–Crippen MR) is 149 cm³/mol. The highest BCUT2D eigenvalue weighted by Gasteiger charge is 1.98. The molecule has 3 rings (SSSR count). The van der Waals surface area contributed by atoms with E-state index in [0.717, 1.165) is 16.7 Å². The number of hydrogen-bond donors (Lipinski definition) is 3. The molecule has 10 heteroatoms. The number of nitrogen functional groups attached to an aromatic ring is 1. The van der Waals surface area contributed by atoms with Crippen molar-refractivity contribution in [1.29, 1.82) is 5.41 Å². The lowest BCUT2D eigenvalue weighted by Crippen LogP contribution is -2.05. The van der Waals surface area contributed by atoms with E-state index in [4.69, 9.17) is 34.3 Å². The number of nitrogens with one attached hydrogen (secondary N) is 2. The molecule has 0 bridgehead atoms. The second-order valence-corrected chi connectivity index (χ2v) is 7.22. The van der Waals surface area contributed by atoms with Crippen molar-refractivity contribution in [2.24, 2.45) is 0 Å². The summed E-state index contributed by atoms with van der Waals surface area (Å²) in [5.41, 5.74) is 10.0. The number of nitrogens with two attached hydrogens (primary N) is 1. The van der Waals surface area contributed by atoms with Crippen LogP contribution in [0.4, 0.5) is 11.4 Å². The number of carbonyl (C=O) groups is 3. The van der Waals surface area contributed by atoms with Gasteiger partial charge in [0.15, 0.2) is 0 Å². The zero-order chi connectivity index (χ0) is 32.3. The Hall–Kier alpha value is -5.08. The molecule has 0 radical (unpaired) electrons. The van der Waals surface area contributed by atoms with E-state index in [1.165, 1.54) is 14.3 Å². The number of ether oxygens (including phenoxy) is 2. The summed E-state index contributed by atoms with van der Waals surface area (Å²) in [4.78, 5) is 48.3. The maximum absolute atomic E-state index is 10.8. The maximum atomic E-state index is 10.8. The Balaban J connectivity index is 0. The second-order valence-electron chi connectivity index (χ2n) is 7.22. The van der Waals surface area contributed by atoms with Gasteiger partial charge < -0.3 is 25.9 Å². The van der Waals surface area contributed by atoms with E-state index in [1.54, 1.807) is 60.7 Å². The normalized spacial score (nSPS) is 11.2. The molecule has 0 unspecified atom stereocenters. The largest absolute Gasteiger partial charge is 0.461 e. The van der Waals surface area contributed by atoms with Gasteiger partial charge in [-0.3, -0.25) is 14.4 Å². The van der Waals surface area contributed by atoms with Crippen molar-refractivity contribution >= 4 is 41.1 Å². The topological polar surface area (TPSA) is 166 Å². The van der Waals surface area contributed by atoms with Crippen LogP contribution < -0.4 is 11.1 Å². The molecule has 1 aliphatic carbocycles. The van der Waals surface area contributed by atoms with E-state index in [9.17, 15) is 14.4 Å². The van der Waals surface area contributed by atoms with Crippen LogP contribution in [0.1, 0.15) is 43.4 Å². The lowest BCUT2D eigenvalue weighted by Gasteiger charge is -2.04. The van der Waals surface area contributed by atoms with Gasteiger partial charge in [0.1, 0.15) is 13.2 Å². The molecule has 0 aromatic heterocycles. The molecule has 4 N–H and O–H groups in total. The van der Waals surface area contributed by atoms with Crippen molar-refractivity contribution in [3.8, 4) is 0 Å². The minimum Gasteiger partial charge on any atom is -0.461 e. The molecule has 0 saturated heterocycles. The van der Waals surface area contributed by atoms with Gasteiger partial charge in [0.2, 0.25) is 5.91 Å². The summed E-state index contributed by atoms with van der Waals surface area (Å²) in [6, 6.07) is 14.0. The fourth-order valence-corrected chi connectivity index (χ4v) is 2.33. The number of hydrogen-bond acceptors (Lipinski definition) is 9. The number of amides is 1. The Morgan fingerprint density at radius 1 is 0.923 bits per heavy atom. The molecule has 1 aliphatic rings.